The zero-order valence-corrected chi connectivity index (χ0v) is 28.2. The van der Waals surface area contributed by atoms with Gasteiger partial charge in [0.05, 0.1) is 23.5 Å². The van der Waals surface area contributed by atoms with Gasteiger partial charge in [-0.25, -0.2) is 28.9 Å². The molecule has 2 aromatic heterocycles. The van der Waals surface area contributed by atoms with Gasteiger partial charge >= 0.3 is 22.4 Å². The number of piperidine rings is 1. The number of carbonyl (C=O) groups excluding carboxylic acids is 2. The van der Waals surface area contributed by atoms with Gasteiger partial charge in [-0.15, -0.1) is 0 Å². The Morgan fingerprint density at radius 1 is 1.06 bits per heavy atom. The van der Waals surface area contributed by atoms with Gasteiger partial charge < -0.3 is 24.4 Å². The van der Waals surface area contributed by atoms with Crippen LogP contribution in [0.15, 0.2) is 54.9 Å². The number of nitrogens with one attached hydrogen (secondary N) is 2. The number of amides is 2. The van der Waals surface area contributed by atoms with Crippen molar-refractivity contribution in [3.63, 3.8) is 0 Å². The molecule has 49 heavy (non-hydrogen) atoms. The van der Waals surface area contributed by atoms with E-state index in [9.17, 15) is 18.0 Å². The van der Waals surface area contributed by atoms with Crippen LogP contribution in [-0.4, -0.2) is 82.6 Å². The van der Waals surface area contributed by atoms with Gasteiger partial charge in [-0.3, -0.25) is 4.72 Å². The van der Waals surface area contributed by atoms with Gasteiger partial charge in [-0.1, -0.05) is 12.1 Å². The Bertz CT molecular complexity index is 2020. The predicted molar refractivity (Wildman–Crippen MR) is 179 cm³/mol. The fourth-order valence-electron chi connectivity index (χ4n) is 5.59. The minimum atomic E-state index is -4.46. The Kier molecular flexibility index (Phi) is 9.16. The highest BCUT2D eigenvalue weighted by Gasteiger charge is 2.35. The van der Waals surface area contributed by atoms with Gasteiger partial charge in [0.2, 0.25) is 11.8 Å². The van der Waals surface area contributed by atoms with Crippen molar-refractivity contribution in [1.29, 1.82) is 0 Å². The molecule has 16 heteroatoms. The predicted octanol–water partition coefficient (Wildman–Crippen LogP) is 5.85. The molecule has 0 spiro atoms. The quantitative estimate of drug-likeness (QED) is 0.227. The van der Waals surface area contributed by atoms with Crippen molar-refractivity contribution in [3.05, 3.63) is 66.2 Å². The average molecular weight is 694 g/mol. The second-order valence-corrected chi connectivity index (χ2v) is 14.3. The number of fused-ring (bicyclic) bond motifs is 1. The number of hydrogen-bond acceptors (Lipinski definition) is 11. The number of nitrogens with zero attached hydrogens (tertiary/aromatic N) is 5. The molecule has 2 fully saturated rings. The third-order valence-electron chi connectivity index (χ3n) is 7.85. The molecule has 4 heterocycles. The second kappa shape index (κ2) is 13.3. The Hall–Kier alpha value is -5.25. The van der Waals surface area contributed by atoms with Crippen LogP contribution in [0.25, 0.3) is 22.0 Å². The minimum absolute atomic E-state index is 0.0948. The van der Waals surface area contributed by atoms with Crippen LogP contribution in [0.1, 0.15) is 39.2 Å². The molecule has 0 radical (unpaired) electrons. The van der Waals surface area contributed by atoms with Crippen LogP contribution < -0.4 is 14.8 Å². The molecular formula is C33H36FN7O7S. The summed E-state index contributed by atoms with van der Waals surface area (Å²) in [4.78, 5) is 39.9. The molecule has 0 saturated carbocycles. The highest BCUT2D eigenvalue weighted by atomic mass is 32.2. The number of cyclic esters (lactones) is 1. The maximum absolute atomic E-state index is 15.2. The molecule has 2 aromatic carbocycles. The molecule has 2 aliphatic heterocycles. The highest BCUT2D eigenvalue weighted by Crippen LogP contribution is 2.40. The molecule has 0 aliphatic carbocycles. The Morgan fingerprint density at radius 3 is 2.61 bits per heavy atom. The molecule has 2 amide bonds. The van der Waals surface area contributed by atoms with E-state index in [0.717, 1.165) is 18.9 Å². The van der Waals surface area contributed by atoms with E-state index in [1.54, 1.807) is 54.5 Å². The number of halogens is 1. The van der Waals surface area contributed by atoms with Gasteiger partial charge in [0.25, 0.3) is 0 Å². The summed E-state index contributed by atoms with van der Waals surface area (Å²) in [6, 6.07) is 11.0. The number of aromatic nitrogens is 3. The van der Waals surface area contributed by atoms with Crippen LogP contribution in [0.2, 0.25) is 0 Å². The lowest BCUT2D eigenvalue weighted by Gasteiger charge is -2.34. The van der Waals surface area contributed by atoms with E-state index in [-0.39, 0.29) is 42.2 Å². The van der Waals surface area contributed by atoms with E-state index in [4.69, 9.17) is 19.2 Å². The standard InChI is InChI=1S/C33H36FN7O7S/c1-20-9-10-22-23(11-12-25(34)27(22)39-49(44,45)41-17-18-46-32(41)43)28(20)47-29-24(8-5-14-35-29)26-13-15-36-30(38-26)37-21-7-6-16-40(19-21)31(42)48-33(2,3)4/h5,8-15,21,39H,6-7,16-19H2,1-4H3,(H,36,37,38)/t21-/m0/s1. The van der Waals surface area contributed by atoms with Crippen molar-refractivity contribution in [2.75, 3.05) is 36.3 Å². The molecule has 14 nitrogen and oxygen atoms in total. The van der Waals surface area contributed by atoms with Crippen molar-refractivity contribution in [1.82, 2.24) is 24.2 Å². The fourth-order valence-corrected chi connectivity index (χ4v) is 6.73. The van der Waals surface area contributed by atoms with Crippen molar-refractivity contribution in [3.8, 4) is 22.9 Å². The normalized spacial score (nSPS) is 16.8. The van der Waals surface area contributed by atoms with Crippen LogP contribution in [0, 0.1) is 12.7 Å². The van der Waals surface area contributed by atoms with E-state index in [0.29, 0.717) is 51.3 Å². The lowest BCUT2D eigenvalue weighted by molar-refractivity contribution is 0.0206. The lowest BCUT2D eigenvalue weighted by Crippen LogP contribution is -2.47. The number of carbonyl (C=O) groups is 2. The summed E-state index contributed by atoms with van der Waals surface area (Å²) in [6.45, 7) is 8.04. The summed E-state index contributed by atoms with van der Waals surface area (Å²) < 4.78 is 60.5. The molecule has 0 unspecified atom stereocenters. The summed E-state index contributed by atoms with van der Waals surface area (Å²) >= 11 is 0. The largest absolute Gasteiger partial charge is 0.447 e. The molecule has 1 atom stereocenters. The smallest absolute Gasteiger partial charge is 0.425 e. The number of anilines is 2. The number of rotatable bonds is 8. The molecule has 0 bridgehead atoms. The maximum atomic E-state index is 15.2. The first-order chi connectivity index (χ1) is 23.3. The van der Waals surface area contributed by atoms with Crippen molar-refractivity contribution in [2.24, 2.45) is 0 Å². The van der Waals surface area contributed by atoms with Crippen LogP contribution >= 0.6 is 0 Å². The lowest BCUT2D eigenvalue weighted by atomic mass is 10.0. The first-order valence-electron chi connectivity index (χ1n) is 15.7. The van der Waals surface area contributed by atoms with Gasteiger partial charge in [0.15, 0.2) is 0 Å². The summed E-state index contributed by atoms with van der Waals surface area (Å²) in [5.74, 6) is 0.0299. The summed E-state index contributed by atoms with van der Waals surface area (Å²) in [7, 11) is -4.46. The van der Waals surface area contributed by atoms with Crippen molar-refractivity contribution in [2.45, 2.75) is 52.2 Å². The summed E-state index contributed by atoms with van der Waals surface area (Å²) in [6.07, 6.45) is 3.37. The van der Waals surface area contributed by atoms with Gasteiger partial charge in [0.1, 0.15) is 23.8 Å². The van der Waals surface area contributed by atoms with Crippen molar-refractivity contribution < 1.29 is 36.6 Å². The Labute approximate surface area is 282 Å². The van der Waals surface area contributed by atoms with Crippen molar-refractivity contribution >= 4 is 44.8 Å². The van der Waals surface area contributed by atoms with Crippen LogP contribution in [0.3, 0.4) is 0 Å². The molecule has 2 N–H and O–H groups in total. The molecule has 6 rings (SSSR count). The monoisotopic (exact) mass is 693 g/mol. The SMILES string of the molecule is Cc1ccc2c(NS(=O)(=O)N3CCOC3=O)c(F)ccc2c1Oc1ncccc1-c1ccnc(N[C@H]2CCCN(C(=O)OC(C)(C)C)C2)n1. The first-order valence-corrected chi connectivity index (χ1v) is 17.1. The number of hydrogen-bond donors (Lipinski definition) is 2. The number of ether oxygens (including phenoxy) is 3. The Balaban J connectivity index is 1.26. The van der Waals surface area contributed by atoms with Gasteiger partial charge in [-0.2, -0.15) is 12.7 Å². The van der Waals surface area contributed by atoms with E-state index < -0.39 is 27.7 Å². The topological polar surface area (TPSA) is 165 Å². The average Bonchev–Trinajstić information content (AvgIpc) is 3.50. The number of pyridine rings is 1. The zero-order valence-electron chi connectivity index (χ0n) is 27.4. The van der Waals surface area contributed by atoms with E-state index in [1.807, 2.05) is 20.8 Å². The maximum Gasteiger partial charge on any atom is 0.425 e. The zero-order chi connectivity index (χ0) is 34.9. The molecule has 4 aromatic rings. The van der Waals surface area contributed by atoms with Gasteiger partial charge in [-0.05, 0) is 76.4 Å². The molecule has 2 saturated heterocycles. The molecular weight excluding hydrogens is 657 g/mol. The molecule has 2 aliphatic rings. The summed E-state index contributed by atoms with van der Waals surface area (Å²) in [5, 5.41) is 3.94. The molecule has 258 valence electrons. The van der Waals surface area contributed by atoms with Crippen LogP contribution in [0.5, 0.6) is 11.6 Å². The number of aryl methyl sites for hydroxylation is 1. The fraction of sp³-hybridized carbons (Fsp3) is 0.364. The van der Waals surface area contributed by atoms with E-state index in [1.165, 1.54) is 6.07 Å². The van der Waals surface area contributed by atoms with Gasteiger partial charge in [0, 0.05) is 42.3 Å². The van der Waals surface area contributed by atoms with Crippen LogP contribution in [-0.2, 0) is 19.7 Å². The van der Waals surface area contributed by atoms with E-state index in [2.05, 4.69) is 20.0 Å². The summed E-state index contributed by atoms with van der Waals surface area (Å²) in [5.41, 5.74) is 0.783. The third-order valence-corrected chi connectivity index (χ3v) is 9.22. The number of benzene rings is 2. The van der Waals surface area contributed by atoms with E-state index >= 15 is 4.39 Å². The number of likely N-dealkylation sites (tertiary alicyclic amines) is 1. The van der Waals surface area contributed by atoms with Crippen LogP contribution in [0.4, 0.5) is 25.6 Å². The minimum Gasteiger partial charge on any atom is -0.447 e. The third kappa shape index (κ3) is 7.43. The highest BCUT2D eigenvalue weighted by molar-refractivity contribution is 7.91. The first kappa shape index (κ1) is 33.6. The second-order valence-electron chi connectivity index (χ2n) is 12.7. The Morgan fingerprint density at radius 2 is 1.86 bits per heavy atom.